The van der Waals surface area contributed by atoms with Crippen LogP contribution < -0.4 is 0 Å². The van der Waals surface area contributed by atoms with Crippen LogP contribution in [0.2, 0.25) is 0 Å². The highest BCUT2D eigenvalue weighted by Gasteiger charge is 2.60. The van der Waals surface area contributed by atoms with Crippen molar-refractivity contribution in [3.8, 4) is 0 Å². The topological polar surface area (TPSA) is 34.9 Å². The van der Waals surface area contributed by atoms with Gasteiger partial charge in [-0.05, 0) is 92.6 Å². The Morgan fingerprint density at radius 2 is 1.93 bits per heavy atom. The summed E-state index contributed by atoms with van der Waals surface area (Å²) in [7, 11) is 1.96. The number of rotatable bonds is 1. The van der Waals surface area contributed by atoms with E-state index >= 15 is 0 Å². The summed E-state index contributed by atoms with van der Waals surface area (Å²) < 4.78 is 1.86. The minimum Gasteiger partial charge on any atom is -0.294 e. The molecule has 0 aliphatic heterocycles. The third kappa shape index (κ3) is 2.53. The van der Waals surface area contributed by atoms with Crippen LogP contribution in [0.5, 0.6) is 0 Å². The van der Waals surface area contributed by atoms with Crippen molar-refractivity contribution in [2.75, 3.05) is 0 Å². The third-order valence-corrected chi connectivity index (χ3v) is 9.60. The number of ketones is 1. The fourth-order valence-corrected chi connectivity index (χ4v) is 8.04. The van der Waals surface area contributed by atoms with Gasteiger partial charge in [-0.3, -0.25) is 9.48 Å². The first kappa shape index (κ1) is 18.6. The molecule has 152 valence electrons. The number of Topliss-reactive ketones (excluding diaryl/α,β-unsaturated/α-hetero) is 1. The van der Waals surface area contributed by atoms with Gasteiger partial charge in [-0.25, -0.2) is 0 Å². The molecule has 0 saturated heterocycles. The quantitative estimate of drug-likeness (QED) is 0.584. The van der Waals surface area contributed by atoms with Gasteiger partial charge in [0, 0.05) is 24.2 Å². The highest BCUT2D eigenvalue weighted by atomic mass is 16.1. The van der Waals surface area contributed by atoms with Crippen LogP contribution in [-0.4, -0.2) is 15.6 Å². The molecule has 1 heterocycles. The Bertz CT molecular complexity index is 836. The standard InChI is InChI=1S/C25H36N2O/c1-16-18(15-27(4)26-16)13-17-14-22-20-9-8-19-7-5-6-11-24(19,2)21(20)10-12-25(22,3)23(17)28/h13,15,19-22H,5-12,14H2,1-4H3/b17-13-. The van der Waals surface area contributed by atoms with E-state index in [1.165, 1.54) is 44.9 Å². The Balaban J connectivity index is 1.47. The number of allylic oxidation sites excluding steroid dienone is 1. The van der Waals surface area contributed by atoms with Crippen LogP contribution in [0, 0.1) is 41.4 Å². The monoisotopic (exact) mass is 380 g/mol. The first-order chi connectivity index (χ1) is 13.3. The smallest absolute Gasteiger partial charge is 0.165 e. The number of aryl methyl sites for hydroxylation is 2. The number of nitrogens with zero attached hydrogens (tertiary/aromatic N) is 2. The van der Waals surface area contributed by atoms with Gasteiger partial charge in [-0.2, -0.15) is 5.10 Å². The molecule has 0 amide bonds. The normalized spacial score (nSPS) is 44.3. The van der Waals surface area contributed by atoms with Gasteiger partial charge in [0.2, 0.25) is 0 Å². The Kier molecular flexibility index (Phi) is 4.20. The summed E-state index contributed by atoms with van der Waals surface area (Å²) in [5.41, 5.74) is 3.63. The van der Waals surface area contributed by atoms with Gasteiger partial charge in [-0.1, -0.05) is 26.7 Å². The molecule has 0 radical (unpaired) electrons. The second-order valence-corrected chi connectivity index (χ2v) is 10.9. The van der Waals surface area contributed by atoms with Crippen molar-refractivity contribution in [3.63, 3.8) is 0 Å². The molecule has 4 fully saturated rings. The fraction of sp³-hybridized carbons (Fsp3) is 0.760. The van der Waals surface area contributed by atoms with Crippen molar-refractivity contribution in [2.45, 2.75) is 78.6 Å². The number of carbonyl (C=O) groups is 1. The van der Waals surface area contributed by atoms with Gasteiger partial charge < -0.3 is 0 Å². The van der Waals surface area contributed by atoms with E-state index in [9.17, 15) is 4.79 Å². The van der Waals surface area contributed by atoms with E-state index in [-0.39, 0.29) is 5.41 Å². The zero-order valence-corrected chi connectivity index (χ0v) is 18.1. The lowest BCUT2D eigenvalue weighted by molar-refractivity contribution is -0.137. The van der Waals surface area contributed by atoms with Crippen molar-refractivity contribution in [2.24, 2.45) is 41.5 Å². The molecule has 5 rings (SSSR count). The molecule has 6 unspecified atom stereocenters. The summed E-state index contributed by atoms with van der Waals surface area (Å²) in [6.45, 7) is 6.95. The highest BCUT2D eigenvalue weighted by Crippen LogP contribution is 2.66. The van der Waals surface area contributed by atoms with Crippen molar-refractivity contribution in [1.82, 2.24) is 9.78 Å². The van der Waals surface area contributed by atoms with Gasteiger partial charge in [-0.15, -0.1) is 0 Å². The summed E-state index contributed by atoms with van der Waals surface area (Å²) in [6.07, 6.45) is 16.1. The zero-order chi connectivity index (χ0) is 19.7. The molecule has 28 heavy (non-hydrogen) atoms. The lowest BCUT2D eigenvalue weighted by Crippen LogP contribution is -2.52. The number of aromatic nitrogens is 2. The minimum atomic E-state index is -0.124. The van der Waals surface area contributed by atoms with Crippen molar-refractivity contribution in [1.29, 1.82) is 0 Å². The molecule has 1 aromatic rings. The molecule has 6 atom stereocenters. The van der Waals surface area contributed by atoms with E-state index in [0.717, 1.165) is 47.4 Å². The van der Waals surface area contributed by atoms with Crippen molar-refractivity contribution < 1.29 is 4.79 Å². The van der Waals surface area contributed by atoms with E-state index in [2.05, 4.69) is 31.2 Å². The summed E-state index contributed by atoms with van der Waals surface area (Å²) in [5, 5.41) is 4.47. The minimum absolute atomic E-state index is 0.124. The molecule has 0 aromatic carbocycles. The first-order valence-electron chi connectivity index (χ1n) is 11.6. The number of hydrogen-bond acceptors (Lipinski definition) is 2. The van der Waals surface area contributed by atoms with E-state index in [4.69, 9.17) is 0 Å². The summed E-state index contributed by atoms with van der Waals surface area (Å²) in [4.78, 5) is 13.5. The Hall–Kier alpha value is -1.38. The Labute approximate surface area is 170 Å². The lowest BCUT2D eigenvalue weighted by atomic mass is 9.45. The third-order valence-electron chi connectivity index (χ3n) is 9.60. The van der Waals surface area contributed by atoms with Gasteiger partial charge in [0.05, 0.1) is 5.69 Å². The van der Waals surface area contributed by atoms with Crippen LogP contribution in [0.1, 0.15) is 82.9 Å². The van der Waals surface area contributed by atoms with Crippen molar-refractivity contribution >= 4 is 11.9 Å². The van der Waals surface area contributed by atoms with Gasteiger partial charge in [0.1, 0.15) is 0 Å². The van der Waals surface area contributed by atoms with Crippen LogP contribution in [0.15, 0.2) is 11.8 Å². The number of carbonyl (C=O) groups excluding carboxylic acids is 1. The van der Waals surface area contributed by atoms with E-state index < -0.39 is 0 Å². The molecule has 0 N–H and O–H groups in total. The van der Waals surface area contributed by atoms with Gasteiger partial charge >= 0.3 is 0 Å². The average molecular weight is 381 g/mol. The summed E-state index contributed by atoms with van der Waals surface area (Å²) in [5.74, 6) is 3.54. The lowest BCUT2D eigenvalue weighted by Gasteiger charge is -2.59. The molecule has 0 bridgehead atoms. The molecular formula is C25H36N2O. The second-order valence-electron chi connectivity index (χ2n) is 10.9. The highest BCUT2D eigenvalue weighted by molar-refractivity contribution is 6.06. The molecule has 1 aromatic heterocycles. The predicted molar refractivity (Wildman–Crippen MR) is 113 cm³/mol. The van der Waals surface area contributed by atoms with Gasteiger partial charge in [0.25, 0.3) is 0 Å². The Morgan fingerprint density at radius 3 is 2.68 bits per heavy atom. The molecule has 4 aliphatic carbocycles. The van der Waals surface area contributed by atoms with E-state index in [1.54, 1.807) is 0 Å². The molecular weight excluding hydrogens is 344 g/mol. The SMILES string of the molecule is Cc1nn(C)cc1/C=C1/CC2C3CCC4CCCCC4(C)C3CCC2(C)C1=O. The first-order valence-corrected chi connectivity index (χ1v) is 11.6. The zero-order valence-electron chi connectivity index (χ0n) is 18.1. The maximum absolute atomic E-state index is 13.5. The Morgan fingerprint density at radius 1 is 1.11 bits per heavy atom. The van der Waals surface area contributed by atoms with Crippen LogP contribution in [0.25, 0.3) is 6.08 Å². The predicted octanol–water partition coefficient (Wildman–Crippen LogP) is 5.72. The van der Waals surface area contributed by atoms with Gasteiger partial charge in [0.15, 0.2) is 5.78 Å². The van der Waals surface area contributed by atoms with Crippen LogP contribution >= 0.6 is 0 Å². The largest absolute Gasteiger partial charge is 0.294 e. The maximum Gasteiger partial charge on any atom is 0.165 e. The molecule has 3 nitrogen and oxygen atoms in total. The van der Waals surface area contributed by atoms with Crippen LogP contribution in [-0.2, 0) is 11.8 Å². The second kappa shape index (κ2) is 6.31. The number of fused-ring (bicyclic) bond motifs is 5. The average Bonchev–Trinajstić information content (AvgIpc) is 3.11. The molecule has 4 saturated carbocycles. The maximum atomic E-state index is 13.5. The molecule has 4 aliphatic rings. The fourth-order valence-electron chi connectivity index (χ4n) is 8.04. The van der Waals surface area contributed by atoms with Crippen molar-refractivity contribution in [3.05, 3.63) is 23.0 Å². The summed E-state index contributed by atoms with van der Waals surface area (Å²) in [6, 6.07) is 0. The van der Waals surface area contributed by atoms with E-state index in [1.807, 2.05) is 18.7 Å². The number of hydrogen-bond donors (Lipinski definition) is 0. The van der Waals surface area contributed by atoms with Crippen LogP contribution in [0.4, 0.5) is 0 Å². The molecule has 3 heteroatoms. The van der Waals surface area contributed by atoms with Crippen LogP contribution in [0.3, 0.4) is 0 Å². The summed E-state index contributed by atoms with van der Waals surface area (Å²) >= 11 is 0. The van der Waals surface area contributed by atoms with E-state index in [0.29, 0.717) is 17.1 Å². The molecule has 0 spiro atoms.